The van der Waals surface area contributed by atoms with Gasteiger partial charge in [-0.3, -0.25) is 14.5 Å². The minimum absolute atomic E-state index is 0.106. The molecule has 1 atom stereocenters. The molecule has 0 spiro atoms. The lowest BCUT2D eigenvalue weighted by Gasteiger charge is -2.33. The normalized spacial score (nSPS) is 17.9. The fraction of sp³-hybridized carbons (Fsp3) is 0.333. The van der Waals surface area contributed by atoms with Gasteiger partial charge in [-0.05, 0) is 36.9 Å². The second kappa shape index (κ2) is 7.66. The third-order valence-electron chi connectivity index (χ3n) is 5.20. The number of likely N-dealkylation sites (tertiary alicyclic amines) is 1. The molecule has 3 heterocycles. The summed E-state index contributed by atoms with van der Waals surface area (Å²) in [5.74, 6) is -0.160. The number of piperidine rings is 1. The van der Waals surface area contributed by atoms with Gasteiger partial charge in [0, 0.05) is 42.5 Å². The molecule has 1 aliphatic rings. The van der Waals surface area contributed by atoms with Crippen molar-refractivity contribution in [3.8, 4) is 0 Å². The summed E-state index contributed by atoms with van der Waals surface area (Å²) in [7, 11) is 1.73. The highest BCUT2D eigenvalue weighted by Crippen LogP contribution is 2.19. The molecule has 27 heavy (non-hydrogen) atoms. The van der Waals surface area contributed by atoms with E-state index < -0.39 is 0 Å². The molecule has 1 aromatic carbocycles. The molecule has 1 saturated heterocycles. The van der Waals surface area contributed by atoms with Crippen molar-refractivity contribution in [1.29, 1.82) is 0 Å². The van der Waals surface area contributed by atoms with Gasteiger partial charge in [-0.25, -0.2) is 0 Å². The molecule has 0 aliphatic carbocycles. The zero-order valence-electron chi connectivity index (χ0n) is 15.4. The highest BCUT2D eigenvalue weighted by molar-refractivity contribution is 7.09. The molecule has 4 rings (SSSR count). The lowest BCUT2D eigenvalue weighted by molar-refractivity contribution is 0.0902. The molecule has 6 heteroatoms. The van der Waals surface area contributed by atoms with Crippen LogP contribution in [0.5, 0.6) is 0 Å². The van der Waals surface area contributed by atoms with Crippen molar-refractivity contribution in [2.24, 2.45) is 7.05 Å². The molecule has 1 aliphatic heterocycles. The monoisotopic (exact) mass is 381 g/mol. The standard InChI is InChI=1S/C21H23N3O2S/c1-23-19-9-3-2-8-17(19)18(12-20(23)25)21(26)22-15-6-4-10-24(13-15)14-16-7-5-11-27-16/h2-3,5,7-9,11-12,15H,4,6,10,13-14H2,1H3,(H,22,26). The fourth-order valence-electron chi connectivity index (χ4n) is 3.80. The number of carbonyl (C=O) groups is 1. The first-order valence-corrected chi connectivity index (χ1v) is 10.1. The Morgan fingerprint density at radius 3 is 2.93 bits per heavy atom. The van der Waals surface area contributed by atoms with Crippen LogP contribution in [0.15, 0.2) is 52.6 Å². The summed E-state index contributed by atoms with van der Waals surface area (Å²) in [5.41, 5.74) is 1.07. The Balaban J connectivity index is 1.51. The number of amides is 1. The van der Waals surface area contributed by atoms with Gasteiger partial charge < -0.3 is 9.88 Å². The summed E-state index contributed by atoms with van der Waals surface area (Å²) in [6, 6.07) is 13.3. The van der Waals surface area contributed by atoms with Crippen LogP contribution in [0, 0.1) is 0 Å². The van der Waals surface area contributed by atoms with E-state index in [1.807, 2.05) is 24.3 Å². The van der Waals surface area contributed by atoms with E-state index in [4.69, 9.17) is 0 Å². The average Bonchev–Trinajstić information content (AvgIpc) is 3.18. The van der Waals surface area contributed by atoms with Crippen LogP contribution in [0.4, 0.5) is 0 Å². The quantitative estimate of drug-likeness (QED) is 0.756. The van der Waals surface area contributed by atoms with E-state index in [9.17, 15) is 9.59 Å². The van der Waals surface area contributed by atoms with Gasteiger partial charge in [0.15, 0.2) is 0 Å². The van der Waals surface area contributed by atoms with Crippen molar-refractivity contribution in [1.82, 2.24) is 14.8 Å². The van der Waals surface area contributed by atoms with Crippen LogP contribution in [0.25, 0.3) is 10.9 Å². The van der Waals surface area contributed by atoms with Crippen molar-refractivity contribution in [2.75, 3.05) is 13.1 Å². The van der Waals surface area contributed by atoms with Gasteiger partial charge in [-0.2, -0.15) is 0 Å². The zero-order chi connectivity index (χ0) is 18.8. The number of thiophene rings is 1. The summed E-state index contributed by atoms with van der Waals surface area (Å²) >= 11 is 1.77. The predicted molar refractivity (Wildman–Crippen MR) is 109 cm³/mol. The molecule has 1 N–H and O–H groups in total. The van der Waals surface area contributed by atoms with Crippen molar-refractivity contribution in [3.63, 3.8) is 0 Å². The van der Waals surface area contributed by atoms with Crippen LogP contribution >= 0.6 is 11.3 Å². The molecule has 1 unspecified atom stereocenters. The van der Waals surface area contributed by atoms with Gasteiger partial charge in [-0.1, -0.05) is 24.3 Å². The van der Waals surface area contributed by atoms with E-state index in [1.165, 1.54) is 10.9 Å². The third kappa shape index (κ3) is 3.82. The maximum absolute atomic E-state index is 12.9. The minimum atomic E-state index is -0.165. The van der Waals surface area contributed by atoms with E-state index in [1.54, 1.807) is 23.0 Å². The zero-order valence-corrected chi connectivity index (χ0v) is 16.2. The lowest BCUT2D eigenvalue weighted by Crippen LogP contribution is -2.47. The molecule has 0 saturated carbocycles. The average molecular weight is 382 g/mol. The highest BCUT2D eigenvalue weighted by atomic mass is 32.1. The van der Waals surface area contributed by atoms with Crippen LogP contribution < -0.4 is 10.9 Å². The molecule has 1 amide bonds. The second-order valence-corrected chi connectivity index (χ2v) is 8.13. The molecule has 5 nitrogen and oxygen atoms in total. The van der Waals surface area contributed by atoms with Gasteiger partial charge in [0.1, 0.15) is 0 Å². The maximum Gasteiger partial charge on any atom is 0.252 e. The minimum Gasteiger partial charge on any atom is -0.348 e. The first kappa shape index (κ1) is 17.9. The van der Waals surface area contributed by atoms with Crippen molar-refractivity contribution in [2.45, 2.75) is 25.4 Å². The third-order valence-corrected chi connectivity index (χ3v) is 6.06. The number of pyridine rings is 1. The van der Waals surface area contributed by atoms with Crippen LogP contribution in [-0.4, -0.2) is 34.5 Å². The van der Waals surface area contributed by atoms with E-state index in [-0.39, 0.29) is 17.5 Å². The molecular formula is C21H23N3O2S. The number of nitrogens with one attached hydrogen (secondary N) is 1. The number of benzene rings is 1. The number of para-hydroxylation sites is 1. The molecular weight excluding hydrogens is 358 g/mol. The Bertz CT molecular complexity index is 1010. The van der Waals surface area contributed by atoms with E-state index >= 15 is 0 Å². The summed E-state index contributed by atoms with van der Waals surface area (Å²) < 4.78 is 1.58. The van der Waals surface area contributed by atoms with Crippen molar-refractivity contribution in [3.05, 3.63) is 68.6 Å². The number of nitrogens with zero attached hydrogens (tertiary/aromatic N) is 2. The lowest BCUT2D eigenvalue weighted by atomic mass is 10.0. The fourth-order valence-corrected chi connectivity index (χ4v) is 4.55. The topological polar surface area (TPSA) is 54.3 Å². The van der Waals surface area contributed by atoms with Crippen LogP contribution in [0.1, 0.15) is 28.1 Å². The first-order valence-electron chi connectivity index (χ1n) is 9.26. The number of aromatic nitrogens is 1. The second-order valence-electron chi connectivity index (χ2n) is 7.10. The van der Waals surface area contributed by atoms with Gasteiger partial charge in [0.2, 0.25) is 0 Å². The van der Waals surface area contributed by atoms with E-state index in [0.29, 0.717) is 5.56 Å². The largest absolute Gasteiger partial charge is 0.348 e. The Morgan fingerprint density at radius 1 is 1.26 bits per heavy atom. The summed E-state index contributed by atoms with van der Waals surface area (Å²) in [5, 5.41) is 6.06. The van der Waals surface area contributed by atoms with E-state index in [2.05, 4.69) is 27.7 Å². The molecule has 3 aromatic rings. The van der Waals surface area contributed by atoms with Gasteiger partial charge in [0.25, 0.3) is 11.5 Å². The smallest absolute Gasteiger partial charge is 0.252 e. The highest BCUT2D eigenvalue weighted by Gasteiger charge is 2.23. The first-order chi connectivity index (χ1) is 13.1. The molecule has 1 fully saturated rings. The number of aryl methyl sites for hydroxylation is 1. The Morgan fingerprint density at radius 2 is 2.11 bits per heavy atom. The molecule has 0 bridgehead atoms. The summed E-state index contributed by atoms with van der Waals surface area (Å²) in [6.07, 6.45) is 2.03. The SMILES string of the molecule is Cn1c(=O)cc(C(=O)NC2CCCN(Cc3cccs3)C2)c2ccccc21. The molecule has 0 radical (unpaired) electrons. The van der Waals surface area contributed by atoms with Crippen LogP contribution in [0.3, 0.4) is 0 Å². The van der Waals surface area contributed by atoms with Gasteiger partial charge in [0.05, 0.1) is 11.1 Å². The maximum atomic E-state index is 12.9. The summed E-state index contributed by atoms with van der Waals surface area (Å²) in [6.45, 7) is 2.82. The number of rotatable bonds is 4. The van der Waals surface area contributed by atoms with Crippen LogP contribution in [0.2, 0.25) is 0 Å². The van der Waals surface area contributed by atoms with Gasteiger partial charge in [-0.15, -0.1) is 11.3 Å². The number of fused-ring (bicyclic) bond motifs is 1. The number of carbonyl (C=O) groups excluding carboxylic acids is 1. The molecule has 140 valence electrons. The number of hydrogen-bond acceptors (Lipinski definition) is 4. The predicted octanol–water partition coefficient (Wildman–Crippen LogP) is 2.99. The van der Waals surface area contributed by atoms with Crippen molar-refractivity contribution < 1.29 is 4.79 Å². The number of hydrogen-bond donors (Lipinski definition) is 1. The van der Waals surface area contributed by atoms with Crippen molar-refractivity contribution >= 4 is 28.1 Å². The Labute approximate surface area is 162 Å². The molecule has 2 aromatic heterocycles. The van der Waals surface area contributed by atoms with Crippen LogP contribution in [-0.2, 0) is 13.6 Å². The van der Waals surface area contributed by atoms with Gasteiger partial charge >= 0.3 is 0 Å². The summed E-state index contributed by atoms with van der Waals surface area (Å²) in [4.78, 5) is 28.9. The Hall–Kier alpha value is -2.44. The Kier molecular flexibility index (Phi) is 5.09. The van der Waals surface area contributed by atoms with E-state index in [0.717, 1.165) is 43.4 Å².